The van der Waals surface area contributed by atoms with Crippen LogP contribution in [0, 0.1) is 13.8 Å². The molecule has 0 spiro atoms. The molecule has 0 unspecified atom stereocenters. The molecule has 4 nitrogen and oxygen atoms in total. The molecule has 3 rings (SSSR count). The summed E-state index contributed by atoms with van der Waals surface area (Å²) in [6.45, 7) is 3.98. The van der Waals surface area contributed by atoms with Crippen LogP contribution in [0.25, 0.3) is 6.08 Å². The van der Waals surface area contributed by atoms with Crippen LogP contribution in [0.4, 0.5) is 5.69 Å². The van der Waals surface area contributed by atoms with E-state index in [1.54, 1.807) is 6.08 Å². The molecule has 2 N–H and O–H groups in total. The number of hydrogen-bond donors (Lipinski definition) is 2. The number of anilines is 1. The first-order valence-corrected chi connectivity index (χ1v) is 8.56. The minimum absolute atomic E-state index is 0.110. The topological polar surface area (TPSA) is 52.6 Å². The Balaban J connectivity index is 1.97. The number of hydrogen-bond acceptors (Lipinski definition) is 3. The summed E-state index contributed by atoms with van der Waals surface area (Å²) in [6, 6.07) is 8.75. The van der Waals surface area contributed by atoms with Crippen molar-refractivity contribution in [1.29, 1.82) is 0 Å². The molecule has 0 atom stereocenters. The fourth-order valence-electron chi connectivity index (χ4n) is 2.47. The fourth-order valence-corrected chi connectivity index (χ4v) is 3.27. The van der Waals surface area contributed by atoms with Crippen LogP contribution < -0.4 is 10.2 Å². The summed E-state index contributed by atoms with van der Waals surface area (Å²) in [5.41, 5.74) is 3.80. The second-order valence-electron chi connectivity index (χ2n) is 5.73. The van der Waals surface area contributed by atoms with Crippen molar-refractivity contribution >= 4 is 58.2 Å². The SMILES string of the molecule is Cc1ccc(N2C(=O)C(=Cc3cc(Cl)c(O)c(Cl)c3)NC2=S)cc1C. The highest BCUT2D eigenvalue weighted by Crippen LogP contribution is 2.34. The predicted molar refractivity (Wildman–Crippen MR) is 105 cm³/mol. The van der Waals surface area contributed by atoms with Gasteiger partial charge in [-0.3, -0.25) is 9.69 Å². The smallest absolute Gasteiger partial charge is 0.281 e. The van der Waals surface area contributed by atoms with Crippen LogP contribution in [0.15, 0.2) is 36.0 Å². The van der Waals surface area contributed by atoms with Gasteiger partial charge in [0, 0.05) is 0 Å². The summed E-state index contributed by atoms with van der Waals surface area (Å²) in [6.07, 6.45) is 1.59. The Hall–Kier alpha value is -2.08. The van der Waals surface area contributed by atoms with Gasteiger partial charge < -0.3 is 10.4 Å². The number of halogens is 2. The molecule has 0 radical (unpaired) electrons. The van der Waals surface area contributed by atoms with Crippen LogP contribution >= 0.6 is 35.4 Å². The van der Waals surface area contributed by atoms with Crippen LogP contribution in [0.5, 0.6) is 5.75 Å². The maximum Gasteiger partial charge on any atom is 0.281 e. The summed E-state index contributed by atoms with van der Waals surface area (Å²) >= 11 is 17.1. The lowest BCUT2D eigenvalue weighted by Crippen LogP contribution is -2.30. The van der Waals surface area contributed by atoms with Gasteiger partial charge in [0.25, 0.3) is 5.91 Å². The molecule has 1 amide bonds. The Kier molecular flexibility index (Phi) is 4.73. The number of nitrogens with zero attached hydrogens (tertiary/aromatic N) is 1. The van der Waals surface area contributed by atoms with Gasteiger partial charge in [0.05, 0.1) is 15.7 Å². The molecular formula is C18H14Cl2N2O2S. The summed E-state index contributed by atoms with van der Waals surface area (Å²) in [7, 11) is 0. The van der Waals surface area contributed by atoms with Crippen molar-refractivity contribution in [2.24, 2.45) is 0 Å². The quantitative estimate of drug-likeness (QED) is 0.580. The van der Waals surface area contributed by atoms with Crippen LogP contribution in [0.1, 0.15) is 16.7 Å². The molecule has 1 aliphatic heterocycles. The lowest BCUT2D eigenvalue weighted by Gasteiger charge is -2.15. The molecule has 1 fully saturated rings. The highest BCUT2D eigenvalue weighted by molar-refractivity contribution is 7.80. The van der Waals surface area contributed by atoms with Gasteiger partial charge in [-0.25, -0.2) is 0 Å². The Bertz CT molecular complexity index is 918. The molecule has 0 aromatic heterocycles. The Morgan fingerprint density at radius 3 is 2.36 bits per heavy atom. The normalized spacial score (nSPS) is 15.8. The van der Waals surface area contributed by atoms with Crippen molar-refractivity contribution in [3.8, 4) is 5.75 Å². The maximum atomic E-state index is 12.7. The highest BCUT2D eigenvalue weighted by Gasteiger charge is 2.32. The van der Waals surface area contributed by atoms with Crippen molar-refractivity contribution < 1.29 is 9.90 Å². The Labute approximate surface area is 160 Å². The molecule has 25 heavy (non-hydrogen) atoms. The van der Waals surface area contributed by atoms with Crippen LogP contribution in [0.2, 0.25) is 10.0 Å². The Morgan fingerprint density at radius 1 is 1.12 bits per heavy atom. The van der Waals surface area contributed by atoms with Crippen molar-refractivity contribution in [2.45, 2.75) is 13.8 Å². The van der Waals surface area contributed by atoms with E-state index in [1.165, 1.54) is 17.0 Å². The van der Waals surface area contributed by atoms with Gasteiger partial charge in [-0.2, -0.15) is 0 Å². The van der Waals surface area contributed by atoms with Gasteiger partial charge in [-0.1, -0.05) is 29.3 Å². The highest BCUT2D eigenvalue weighted by atomic mass is 35.5. The van der Waals surface area contributed by atoms with Gasteiger partial charge >= 0.3 is 0 Å². The first-order chi connectivity index (χ1) is 11.8. The van der Waals surface area contributed by atoms with E-state index in [0.29, 0.717) is 22.1 Å². The van der Waals surface area contributed by atoms with Crippen LogP contribution in [-0.4, -0.2) is 16.1 Å². The van der Waals surface area contributed by atoms with E-state index in [4.69, 9.17) is 35.4 Å². The van der Waals surface area contributed by atoms with E-state index in [9.17, 15) is 9.90 Å². The zero-order valence-electron chi connectivity index (χ0n) is 13.4. The fraction of sp³-hybridized carbons (Fsp3) is 0.111. The van der Waals surface area contributed by atoms with Crippen molar-refractivity contribution in [2.75, 3.05) is 4.90 Å². The molecule has 0 aliphatic carbocycles. The Morgan fingerprint density at radius 2 is 1.76 bits per heavy atom. The zero-order chi connectivity index (χ0) is 18.3. The van der Waals surface area contributed by atoms with Gasteiger partial charge in [-0.05, 0) is 73.1 Å². The molecule has 1 saturated heterocycles. The third kappa shape index (κ3) is 3.35. The lowest BCUT2D eigenvalue weighted by molar-refractivity contribution is -0.113. The van der Waals surface area contributed by atoms with Gasteiger partial charge in [0.1, 0.15) is 5.70 Å². The molecule has 128 valence electrons. The third-order valence-corrected chi connectivity index (χ3v) is 4.84. The predicted octanol–water partition coefficient (Wildman–Crippen LogP) is 4.58. The number of amides is 1. The number of carbonyl (C=O) groups excluding carboxylic acids is 1. The van der Waals surface area contributed by atoms with Crippen molar-refractivity contribution in [3.05, 3.63) is 62.8 Å². The molecule has 2 aromatic rings. The monoisotopic (exact) mass is 392 g/mol. The lowest BCUT2D eigenvalue weighted by atomic mass is 10.1. The minimum Gasteiger partial charge on any atom is -0.505 e. The molecule has 7 heteroatoms. The summed E-state index contributed by atoms with van der Waals surface area (Å²) in [4.78, 5) is 14.2. The zero-order valence-corrected chi connectivity index (χ0v) is 15.8. The van der Waals surface area contributed by atoms with E-state index in [-0.39, 0.29) is 21.7 Å². The molecular weight excluding hydrogens is 379 g/mol. The molecule has 1 aliphatic rings. The molecule has 1 heterocycles. The van der Waals surface area contributed by atoms with Crippen molar-refractivity contribution in [1.82, 2.24) is 5.32 Å². The van der Waals surface area contributed by atoms with E-state index in [2.05, 4.69) is 5.32 Å². The van der Waals surface area contributed by atoms with Gasteiger partial charge in [-0.15, -0.1) is 0 Å². The number of phenols is 1. The minimum atomic E-state index is -0.270. The van der Waals surface area contributed by atoms with E-state index < -0.39 is 0 Å². The van der Waals surface area contributed by atoms with E-state index in [0.717, 1.165) is 11.1 Å². The summed E-state index contributed by atoms with van der Waals surface area (Å²) in [5, 5.41) is 13.1. The first-order valence-electron chi connectivity index (χ1n) is 7.40. The van der Waals surface area contributed by atoms with E-state index >= 15 is 0 Å². The van der Waals surface area contributed by atoms with E-state index in [1.807, 2.05) is 32.0 Å². The number of nitrogens with one attached hydrogen (secondary N) is 1. The number of carbonyl (C=O) groups is 1. The molecule has 0 saturated carbocycles. The maximum absolute atomic E-state index is 12.7. The molecule has 2 aromatic carbocycles. The number of thiocarbonyl (C=S) groups is 1. The summed E-state index contributed by atoms with van der Waals surface area (Å²) < 4.78 is 0. The largest absolute Gasteiger partial charge is 0.505 e. The standard InChI is InChI=1S/C18H14Cl2N2O2S/c1-9-3-4-12(5-10(9)2)22-17(24)15(21-18(22)25)8-11-6-13(19)16(23)14(20)7-11/h3-8,23H,1-2H3,(H,21,25). The second-order valence-corrected chi connectivity index (χ2v) is 6.93. The van der Waals surface area contributed by atoms with Gasteiger partial charge in [0.2, 0.25) is 0 Å². The average molecular weight is 393 g/mol. The van der Waals surface area contributed by atoms with Gasteiger partial charge in [0.15, 0.2) is 10.9 Å². The first kappa shape index (κ1) is 17.7. The number of benzene rings is 2. The number of aryl methyl sites for hydroxylation is 2. The average Bonchev–Trinajstić information content (AvgIpc) is 2.82. The number of phenolic OH excluding ortho intramolecular Hbond substituents is 1. The van der Waals surface area contributed by atoms with Crippen molar-refractivity contribution in [3.63, 3.8) is 0 Å². The summed E-state index contributed by atoms with van der Waals surface area (Å²) in [5.74, 6) is -0.461. The van der Waals surface area contributed by atoms with Crippen LogP contribution in [-0.2, 0) is 4.79 Å². The number of aromatic hydroxyl groups is 1. The second kappa shape index (κ2) is 6.67. The third-order valence-electron chi connectivity index (χ3n) is 3.98. The van der Waals surface area contributed by atoms with Crippen LogP contribution in [0.3, 0.4) is 0 Å². The molecule has 0 bridgehead atoms. The number of rotatable bonds is 2.